The number of halogens is 2. The van der Waals surface area contributed by atoms with Crippen LogP contribution in [-0.4, -0.2) is 25.8 Å². The lowest BCUT2D eigenvalue weighted by atomic mass is 9.72. The number of nitrogens with zero attached hydrogens (tertiary/aromatic N) is 2. The maximum Gasteiger partial charge on any atom is 0.223 e. The van der Waals surface area contributed by atoms with Crippen molar-refractivity contribution in [2.45, 2.75) is 51.6 Å². The summed E-state index contributed by atoms with van der Waals surface area (Å²) in [5.74, 6) is -0.399. The zero-order chi connectivity index (χ0) is 28.4. The van der Waals surface area contributed by atoms with E-state index in [4.69, 9.17) is 14.2 Å². The van der Waals surface area contributed by atoms with Crippen LogP contribution in [0.1, 0.15) is 54.4 Å². The van der Waals surface area contributed by atoms with Gasteiger partial charge >= 0.3 is 0 Å². The number of methoxy groups -OCH3 is 2. The molecule has 2 aromatic carbocycles. The van der Waals surface area contributed by atoms with E-state index in [2.05, 4.69) is 21.7 Å². The molecule has 9 heteroatoms. The Kier molecular flexibility index (Phi) is 7.70. The molecule has 3 aromatic rings. The number of nitrogens with one attached hydrogen (secondary N) is 2. The van der Waals surface area contributed by atoms with Gasteiger partial charge in [-0.25, -0.2) is 8.78 Å². The van der Waals surface area contributed by atoms with E-state index in [1.54, 1.807) is 6.07 Å². The third-order valence-corrected chi connectivity index (χ3v) is 8.16. The molecule has 0 saturated heterocycles. The van der Waals surface area contributed by atoms with Gasteiger partial charge in [-0.3, -0.25) is 0 Å². The quantitative estimate of drug-likeness (QED) is 0.319. The normalized spacial score (nSPS) is 16.7. The number of benzene rings is 2. The van der Waals surface area contributed by atoms with Gasteiger partial charge in [0.05, 0.1) is 49.4 Å². The SMILES string of the molecule is COc1ccc(C2(C(COc3c(C)cc(C#N)cc3C)C3CCCCC3)Nc3cc(F)c(F)cc3N2)c(OC)n1. The van der Waals surface area contributed by atoms with Crippen molar-refractivity contribution >= 4 is 11.4 Å². The molecule has 0 bridgehead atoms. The monoisotopic (exact) mass is 548 g/mol. The highest BCUT2D eigenvalue weighted by molar-refractivity contribution is 5.78. The summed E-state index contributed by atoms with van der Waals surface area (Å²) in [4.78, 5) is 4.55. The van der Waals surface area contributed by atoms with Gasteiger partial charge in [0.1, 0.15) is 11.4 Å². The largest absolute Gasteiger partial charge is 0.493 e. The van der Waals surface area contributed by atoms with E-state index in [-0.39, 0.29) is 11.8 Å². The van der Waals surface area contributed by atoms with Crippen LogP contribution in [0, 0.1) is 48.6 Å². The van der Waals surface area contributed by atoms with Crippen LogP contribution in [0.5, 0.6) is 17.5 Å². The second kappa shape index (κ2) is 11.2. The predicted octanol–water partition coefficient (Wildman–Crippen LogP) is 6.83. The van der Waals surface area contributed by atoms with E-state index < -0.39 is 17.3 Å². The minimum absolute atomic E-state index is 0.204. The van der Waals surface area contributed by atoms with Crippen LogP contribution in [0.15, 0.2) is 36.4 Å². The molecule has 1 unspecified atom stereocenters. The predicted molar refractivity (Wildman–Crippen MR) is 149 cm³/mol. The van der Waals surface area contributed by atoms with E-state index in [1.807, 2.05) is 32.0 Å². The first kappa shape index (κ1) is 27.5. The Morgan fingerprint density at radius 3 is 2.15 bits per heavy atom. The van der Waals surface area contributed by atoms with E-state index in [0.29, 0.717) is 40.9 Å². The molecule has 1 aliphatic carbocycles. The van der Waals surface area contributed by atoms with Gasteiger partial charge in [0.2, 0.25) is 11.8 Å². The van der Waals surface area contributed by atoms with Crippen LogP contribution >= 0.6 is 0 Å². The molecule has 2 N–H and O–H groups in total. The Bertz CT molecular complexity index is 1400. The van der Waals surface area contributed by atoms with Gasteiger partial charge in [-0.1, -0.05) is 19.3 Å². The fourth-order valence-corrected chi connectivity index (χ4v) is 6.29. The Balaban J connectivity index is 1.64. The molecular formula is C31H34F2N4O3. The third kappa shape index (κ3) is 4.99. The number of pyridine rings is 1. The highest BCUT2D eigenvalue weighted by atomic mass is 19.2. The van der Waals surface area contributed by atoms with Gasteiger partial charge in [-0.2, -0.15) is 10.2 Å². The summed E-state index contributed by atoms with van der Waals surface area (Å²) in [7, 11) is 3.07. The van der Waals surface area contributed by atoms with E-state index in [9.17, 15) is 14.0 Å². The van der Waals surface area contributed by atoms with Crippen molar-refractivity contribution in [3.63, 3.8) is 0 Å². The molecule has 1 fully saturated rings. The van der Waals surface area contributed by atoms with E-state index >= 15 is 0 Å². The molecule has 0 spiro atoms. The lowest BCUT2D eigenvalue weighted by Gasteiger charge is -2.44. The van der Waals surface area contributed by atoms with Crippen LogP contribution in [-0.2, 0) is 5.66 Å². The molecule has 0 amide bonds. The number of hydrogen-bond donors (Lipinski definition) is 2. The molecule has 1 aliphatic heterocycles. The van der Waals surface area contributed by atoms with Crippen molar-refractivity contribution in [3.8, 4) is 23.6 Å². The average molecular weight is 549 g/mol. The summed E-state index contributed by atoms with van der Waals surface area (Å²) in [6, 6.07) is 11.8. The number of aryl methyl sites for hydroxylation is 2. The molecule has 2 aliphatic rings. The molecular weight excluding hydrogens is 514 g/mol. The number of ether oxygens (including phenoxy) is 3. The van der Waals surface area contributed by atoms with Gasteiger partial charge < -0.3 is 24.8 Å². The lowest BCUT2D eigenvalue weighted by molar-refractivity contribution is 0.110. The zero-order valence-corrected chi connectivity index (χ0v) is 23.2. The number of aromatic nitrogens is 1. The van der Waals surface area contributed by atoms with Gasteiger partial charge in [0.25, 0.3) is 0 Å². The van der Waals surface area contributed by atoms with Crippen LogP contribution in [0.3, 0.4) is 0 Å². The molecule has 1 saturated carbocycles. The smallest absolute Gasteiger partial charge is 0.223 e. The van der Waals surface area contributed by atoms with Crippen LogP contribution in [0.2, 0.25) is 0 Å². The highest BCUT2D eigenvalue weighted by Crippen LogP contribution is 2.51. The first-order chi connectivity index (χ1) is 19.3. The minimum atomic E-state index is -1.05. The van der Waals surface area contributed by atoms with E-state index in [1.165, 1.54) is 26.4 Å². The number of anilines is 2. The van der Waals surface area contributed by atoms with Gasteiger partial charge in [-0.15, -0.1) is 0 Å². The molecule has 2 heterocycles. The number of hydrogen-bond acceptors (Lipinski definition) is 7. The highest BCUT2D eigenvalue weighted by Gasteiger charge is 2.51. The lowest BCUT2D eigenvalue weighted by Crippen LogP contribution is -2.52. The summed E-state index contributed by atoms with van der Waals surface area (Å²) < 4.78 is 46.5. The van der Waals surface area contributed by atoms with Crippen LogP contribution in [0.25, 0.3) is 0 Å². The first-order valence-corrected chi connectivity index (χ1v) is 13.6. The van der Waals surface area contributed by atoms with Crippen molar-refractivity contribution < 1.29 is 23.0 Å². The average Bonchev–Trinajstić information content (AvgIpc) is 3.33. The number of fused-ring (bicyclic) bond motifs is 1. The Labute approximate surface area is 233 Å². The minimum Gasteiger partial charge on any atom is -0.493 e. The molecule has 7 nitrogen and oxygen atoms in total. The first-order valence-electron chi connectivity index (χ1n) is 13.6. The Morgan fingerprint density at radius 2 is 1.60 bits per heavy atom. The summed E-state index contributed by atoms with van der Waals surface area (Å²) in [5, 5.41) is 16.4. The maximum atomic E-state index is 14.4. The van der Waals surface area contributed by atoms with Crippen molar-refractivity contribution in [2.24, 2.45) is 11.8 Å². The number of rotatable bonds is 8. The van der Waals surface area contributed by atoms with Crippen molar-refractivity contribution in [2.75, 3.05) is 31.5 Å². The third-order valence-electron chi connectivity index (χ3n) is 8.16. The topological polar surface area (TPSA) is 88.4 Å². The fraction of sp³-hybridized carbons (Fsp3) is 0.419. The van der Waals surface area contributed by atoms with Gasteiger partial charge in [-0.05, 0) is 61.9 Å². The fourth-order valence-electron chi connectivity index (χ4n) is 6.29. The summed E-state index contributed by atoms with van der Waals surface area (Å²) >= 11 is 0. The van der Waals surface area contributed by atoms with Gasteiger partial charge in [0, 0.05) is 24.1 Å². The molecule has 1 atom stereocenters. The maximum absolute atomic E-state index is 14.4. The van der Waals surface area contributed by atoms with Crippen LogP contribution < -0.4 is 24.8 Å². The van der Waals surface area contributed by atoms with Crippen molar-refractivity contribution in [1.29, 1.82) is 5.26 Å². The Hall–Kier alpha value is -4.06. The summed E-state index contributed by atoms with van der Waals surface area (Å²) in [6.07, 6.45) is 5.29. The standard InChI is InChI=1S/C31H34F2N4O3/c1-18-12-20(16-34)13-19(2)29(18)40-17-23(21-8-6-5-7-9-21)31(22-10-11-28(38-3)35-30(22)39-4)36-26-14-24(32)25(33)15-27(26)37-31/h10-15,21,23,36-37H,5-9,17H2,1-4H3. The zero-order valence-electron chi connectivity index (χ0n) is 23.2. The molecule has 5 rings (SSSR count). The second-order valence-corrected chi connectivity index (χ2v) is 10.6. The Morgan fingerprint density at radius 1 is 0.975 bits per heavy atom. The van der Waals surface area contributed by atoms with Gasteiger partial charge in [0.15, 0.2) is 11.6 Å². The van der Waals surface area contributed by atoms with Crippen molar-refractivity contribution in [3.05, 3.63) is 70.3 Å². The van der Waals surface area contributed by atoms with Crippen LogP contribution in [0.4, 0.5) is 20.2 Å². The molecule has 210 valence electrons. The molecule has 40 heavy (non-hydrogen) atoms. The second-order valence-electron chi connectivity index (χ2n) is 10.6. The summed E-state index contributed by atoms with van der Waals surface area (Å²) in [6.45, 7) is 4.16. The van der Waals surface area contributed by atoms with Crippen molar-refractivity contribution in [1.82, 2.24) is 4.98 Å². The van der Waals surface area contributed by atoms with E-state index in [0.717, 1.165) is 49.0 Å². The summed E-state index contributed by atoms with van der Waals surface area (Å²) in [5.41, 5.74) is 2.85. The number of nitriles is 1. The molecule has 0 radical (unpaired) electrons. The molecule has 1 aromatic heterocycles.